The fraction of sp³-hybridized carbons (Fsp3) is 0. The summed E-state index contributed by atoms with van der Waals surface area (Å²) in [6, 6.07) is 177. The quantitative estimate of drug-likeness (QED) is 0.115. The number of rotatable bonds is 13. The summed E-state index contributed by atoms with van der Waals surface area (Å²) in [5.74, 6) is 1.96. The Kier molecular flexibility index (Phi) is 19.0. The van der Waals surface area contributed by atoms with Crippen LogP contribution in [-0.4, -0.2) is 42.4 Å². The summed E-state index contributed by atoms with van der Waals surface area (Å²) in [5, 5.41) is 15.1. The Labute approximate surface area is 766 Å². The molecule has 624 valence electrons. The van der Waals surface area contributed by atoms with Gasteiger partial charge in [-0.05, 0) is 199 Å². The third kappa shape index (κ3) is 13.5. The van der Waals surface area contributed by atoms with Crippen LogP contribution >= 0.6 is 0 Å². The molecule has 0 aliphatic heterocycles. The van der Waals surface area contributed by atoms with Gasteiger partial charge in [-0.1, -0.05) is 309 Å². The van der Waals surface area contributed by atoms with Crippen LogP contribution in [0.2, 0.25) is 0 Å². The van der Waals surface area contributed by atoms with Crippen LogP contribution in [0.1, 0.15) is 0 Å². The van der Waals surface area contributed by atoms with E-state index in [0.29, 0.717) is 17.5 Å². The fourth-order valence-electron chi connectivity index (χ4n) is 20.3. The first kappa shape index (κ1) is 77.4. The molecule has 0 N–H and O–H groups in total. The first-order valence-corrected chi connectivity index (χ1v) is 45.2. The molecule has 0 amide bonds. The van der Waals surface area contributed by atoms with Gasteiger partial charge in [-0.3, -0.25) is 0 Å². The number of anilines is 3. The zero-order valence-corrected chi connectivity index (χ0v) is 72.3. The topological polar surface area (TPSA) is 71.5 Å². The van der Waals surface area contributed by atoms with Crippen molar-refractivity contribution in [2.24, 2.45) is 0 Å². The van der Waals surface area contributed by atoms with Crippen molar-refractivity contribution in [3.8, 4) is 79.4 Å². The van der Waals surface area contributed by atoms with Gasteiger partial charge in [0.15, 0.2) is 17.5 Å². The summed E-state index contributed by atoms with van der Waals surface area (Å²) in [6.07, 6.45) is 0. The monoisotopic (exact) mass is 1700 g/mol. The molecule has 0 saturated heterocycles. The SMILES string of the molecule is c1cc(-n2c3ccccc3c3ccccc32)cc(-n2c3ccccc3c3ccccc32)c1.c1ccc(-c2nc(-c3ccccc3)nc(-c3cccc(-c4ccc5c(c4)c4ccccc4n5-c4ccccc4)c3)n2)cc1.c1ccc2c(c1)c1ccccc1n2-c1ccc(N(c2ccc(-n3c4ccccc4c4ccccc43)cc2)c2ccc(-n3c4ccccc4c4ccccc43)cc2)cc1. The Bertz CT molecular complexity index is 8310. The Morgan fingerprint density at radius 3 is 0.632 bits per heavy atom. The van der Waals surface area contributed by atoms with Crippen LogP contribution < -0.4 is 4.90 Å². The second-order valence-corrected chi connectivity index (χ2v) is 33.8. The molecule has 27 aromatic rings. The van der Waals surface area contributed by atoms with E-state index in [1.165, 1.54) is 142 Å². The lowest BCUT2D eigenvalue weighted by molar-refractivity contribution is 1.07. The van der Waals surface area contributed by atoms with Gasteiger partial charge >= 0.3 is 0 Å². The molecule has 27 rings (SSSR count). The molecule has 0 fully saturated rings. The van der Waals surface area contributed by atoms with Gasteiger partial charge in [-0.15, -0.1) is 0 Å². The van der Waals surface area contributed by atoms with E-state index >= 15 is 0 Å². The normalized spacial score (nSPS) is 11.6. The van der Waals surface area contributed by atoms with E-state index in [-0.39, 0.29) is 0 Å². The van der Waals surface area contributed by atoms with E-state index in [2.05, 4.69) is 469 Å². The van der Waals surface area contributed by atoms with Crippen LogP contribution in [0.25, 0.3) is 210 Å². The highest BCUT2D eigenvalue weighted by Crippen LogP contribution is 2.44. The Balaban J connectivity index is 0.000000112. The fourth-order valence-corrected chi connectivity index (χ4v) is 20.3. The molecule has 0 unspecified atom stereocenters. The molecule has 0 spiro atoms. The number of benzene rings is 20. The minimum Gasteiger partial charge on any atom is -0.310 e. The van der Waals surface area contributed by atoms with Crippen molar-refractivity contribution >= 4 is 148 Å². The molecule has 7 aromatic heterocycles. The number of para-hydroxylation sites is 12. The number of nitrogens with zero attached hydrogens (tertiary/aromatic N) is 10. The summed E-state index contributed by atoms with van der Waals surface area (Å²) in [7, 11) is 0. The maximum absolute atomic E-state index is 4.94. The van der Waals surface area contributed by atoms with E-state index in [1.807, 2.05) is 60.7 Å². The summed E-state index contributed by atoms with van der Waals surface area (Å²) in [4.78, 5) is 17.1. The Morgan fingerprint density at radius 2 is 0.331 bits per heavy atom. The first-order chi connectivity index (χ1) is 66.0. The van der Waals surface area contributed by atoms with Crippen LogP contribution in [0.5, 0.6) is 0 Å². The van der Waals surface area contributed by atoms with E-state index in [0.717, 1.165) is 67.6 Å². The molecule has 10 heteroatoms. The van der Waals surface area contributed by atoms with Gasteiger partial charge < -0.3 is 32.3 Å². The molecule has 133 heavy (non-hydrogen) atoms. The minimum absolute atomic E-state index is 0.649. The lowest BCUT2D eigenvalue weighted by atomic mass is 10.0. The molecule has 0 bridgehead atoms. The second-order valence-electron chi connectivity index (χ2n) is 33.8. The average molecular weight is 1700 g/mol. The molecule has 0 aliphatic carbocycles. The standard InChI is InChI=1S/C54H36N4.C39H26N4.C30H20N2/c1-7-19-49-43(13-1)44-14-2-8-20-50(44)56(49)40-31-25-37(26-32-40)55(38-27-33-41(34-28-38)57-51-21-9-3-15-45(51)46-16-4-10-22-52(46)57)39-29-35-42(36-30-39)58-53-23-11-5-17-47(53)48-18-6-12-24-54(48)58;1-4-13-27(14-5-1)37-40-38(28-15-6-2-7-16-28)42-39(41-37)31-18-12-17-29(25-31)30-23-24-36-34(26-30)33-21-10-11-22-35(33)43(36)32-19-8-3-9-20-32;1-5-16-27-23(12-1)24-13-2-6-17-28(24)31(27)21-10-9-11-22(20-21)32-29-18-7-3-14-25(29)26-15-4-8-19-30(26)32/h1-36H;1-26H;1-20H. The van der Waals surface area contributed by atoms with Gasteiger partial charge in [-0.2, -0.15) is 0 Å². The summed E-state index contributed by atoms with van der Waals surface area (Å²) in [6.45, 7) is 0. The molecule has 0 atom stereocenters. The van der Waals surface area contributed by atoms with Crippen molar-refractivity contribution in [2.75, 3.05) is 4.90 Å². The van der Waals surface area contributed by atoms with E-state index in [4.69, 9.17) is 15.0 Å². The molecular weight excluding hydrogens is 1620 g/mol. The van der Waals surface area contributed by atoms with Gasteiger partial charge in [0.1, 0.15) is 0 Å². The highest BCUT2D eigenvalue weighted by molar-refractivity contribution is 6.15. The van der Waals surface area contributed by atoms with Gasteiger partial charge in [-0.25, -0.2) is 15.0 Å². The van der Waals surface area contributed by atoms with Crippen LogP contribution in [0.15, 0.2) is 497 Å². The molecule has 0 radical (unpaired) electrons. The molecule has 0 saturated carbocycles. The maximum Gasteiger partial charge on any atom is 0.164 e. The minimum atomic E-state index is 0.649. The molecule has 20 aromatic carbocycles. The van der Waals surface area contributed by atoms with Crippen molar-refractivity contribution in [2.45, 2.75) is 0 Å². The lowest BCUT2D eigenvalue weighted by Gasteiger charge is -2.26. The number of hydrogen-bond acceptors (Lipinski definition) is 4. The number of fused-ring (bicyclic) bond motifs is 18. The van der Waals surface area contributed by atoms with Gasteiger partial charge in [0, 0.05) is 133 Å². The largest absolute Gasteiger partial charge is 0.310 e. The van der Waals surface area contributed by atoms with E-state index in [1.54, 1.807) is 0 Å². The molecule has 0 aliphatic rings. The maximum atomic E-state index is 4.94. The third-order valence-corrected chi connectivity index (χ3v) is 26.2. The van der Waals surface area contributed by atoms with E-state index in [9.17, 15) is 0 Å². The van der Waals surface area contributed by atoms with Crippen molar-refractivity contribution in [3.63, 3.8) is 0 Å². The second kappa shape index (κ2) is 32.7. The van der Waals surface area contributed by atoms with Crippen molar-refractivity contribution in [3.05, 3.63) is 497 Å². The Morgan fingerprint density at radius 1 is 0.128 bits per heavy atom. The predicted octanol–water partition coefficient (Wildman–Crippen LogP) is 32.0. The number of aromatic nitrogens is 9. The van der Waals surface area contributed by atoms with Crippen LogP contribution in [0.4, 0.5) is 17.1 Å². The highest BCUT2D eigenvalue weighted by Gasteiger charge is 2.23. The van der Waals surface area contributed by atoms with Crippen molar-refractivity contribution in [1.29, 1.82) is 0 Å². The number of hydrogen-bond donors (Lipinski definition) is 0. The summed E-state index contributed by atoms with van der Waals surface area (Å²) >= 11 is 0. The zero-order chi connectivity index (χ0) is 87.8. The van der Waals surface area contributed by atoms with Gasteiger partial charge in [0.05, 0.1) is 66.2 Å². The predicted molar refractivity (Wildman–Crippen MR) is 555 cm³/mol. The zero-order valence-electron chi connectivity index (χ0n) is 72.3. The van der Waals surface area contributed by atoms with Gasteiger partial charge in [0.25, 0.3) is 0 Å². The van der Waals surface area contributed by atoms with Crippen molar-refractivity contribution < 1.29 is 0 Å². The van der Waals surface area contributed by atoms with Gasteiger partial charge in [0.2, 0.25) is 0 Å². The van der Waals surface area contributed by atoms with Crippen LogP contribution in [-0.2, 0) is 0 Å². The molecule has 7 heterocycles. The molecule has 10 nitrogen and oxygen atoms in total. The summed E-state index contributed by atoms with van der Waals surface area (Å²) in [5.41, 5.74) is 29.8. The first-order valence-electron chi connectivity index (χ1n) is 45.2. The smallest absolute Gasteiger partial charge is 0.164 e. The average Bonchev–Trinajstić information content (AvgIpc) is 1.59. The lowest BCUT2D eigenvalue weighted by Crippen LogP contribution is -2.10. The Hall–Kier alpha value is -18.0. The third-order valence-electron chi connectivity index (χ3n) is 26.2. The van der Waals surface area contributed by atoms with Crippen LogP contribution in [0, 0.1) is 0 Å². The van der Waals surface area contributed by atoms with Crippen molar-refractivity contribution in [1.82, 2.24) is 42.4 Å². The van der Waals surface area contributed by atoms with E-state index < -0.39 is 0 Å². The molecular formula is C123H82N10. The summed E-state index contributed by atoms with van der Waals surface area (Å²) < 4.78 is 14.2. The van der Waals surface area contributed by atoms with Crippen LogP contribution in [0.3, 0.4) is 0 Å². The highest BCUT2D eigenvalue weighted by atomic mass is 15.1.